The van der Waals surface area contributed by atoms with E-state index in [0.717, 1.165) is 37.0 Å². The molecule has 6 nitrogen and oxygen atoms in total. The van der Waals surface area contributed by atoms with Crippen molar-refractivity contribution in [1.29, 1.82) is 0 Å². The van der Waals surface area contributed by atoms with Crippen LogP contribution in [0.15, 0.2) is 24.4 Å². The highest BCUT2D eigenvalue weighted by Crippen LogP contribution is 2.30. The third-order valence-corrected chi connectivity index (χ3v) is 4.38. The topological polar surface area (TPSA) is 68.2 Å². The molecule has 124 valence electrons. The lowest BCUT2D eigenvalue weighted by Gasteiger charge is -2.24. The van der Waals surface area contributed by atoms with E-state index < -0.39 is 0 Å². The summed E-state index contributed by atoms with van der Waals surface area (Å²) in [5.41, 5.74) is 2.12. The van der Waals surface area contributed by atoms with Crippen LogP contribution in [-0.4, -0.2) is 48.8 Å². The van der Waals surface area contributed by atoms with Crippen molar-refractivity contribution >= 4 is 16.9 Å². The van der Waals surface area contributed by atoms with Crippen molar-refractivity contribution in [3.05, 3.63) is 30.1 Å². The molecule has 2 aromatic heterocycles. The molecular formula is C17H24N4O2. The highest BCUT2D eigenvalue weighted by atomic mass is 16.5. The Kier molecular flexibility index (Phi) is 5.25. The van der Waals surface area contributed by atoms with Gasteiger partial charge in [-0.05, 0) is 44.1 Å². The molecular weight excluding hydrogens is 292 g/mol. The number of hydrogen-bond donors (Lipinski definition) is 2. The van der Waals surface area contributed by atoms with E-state index in [-0.39, 0.29) is 5.91 Å². The third kappa shape index (κ3) is 3.71. The smallest absolute Gasteiger partial charge is 0.240 e. The Bertz CT molecular complexity index is 662. The highest BCUT2D eigenvalue weighted by molar-refractivity contribution is 5.82. The number of amides is 1. The number of piperidine rings is 1. The van der Waals surface area contributed by atoms with E-state index in [0.29, 0.717) is 25.6 Å². The summed E-state index contributed by atoms with van der Waals surface area (Å²) in [6, 6.07) is 6.20. The van der Waals surface area contributed by atoms with Crippen LogP contribution in [0.5, 0.6) is 0 Å². The summed E-state index contributed by atoms with van der Waals surface area (Å²) < 4.78 is 7.05. The van der Waals surface area contributed by atoms with Crippen molar-refractivity contribution in [2.24, 2.45) is 0 Å². The monoisotopic (exact) mass is 316 g/mol. The molecule has 3 heterocycles. The Balaban J connectivity index is 1.85. The lowest BCUT2D eigenvalue weighted by Crippen LogP contribution is -2.32. The van der Waals surface area contributed by atoms with Crippen LogP contribution in [0.25, 0.3) is 11.0 Å². The van der Waals surface area contributed by atoms with Gasteiger partial charge >= 0.3 is 0 Å². The number of carbonyl (C=O) groups excluding carboxylic acids is 1. The molecule has 23 heavy (non-hydrogen) atoms. The molecule has 0 aromatic carbocycles. The SMILES string of the molecule is COCCNC(=O)Cn1c(C2CCNCC2)cc2cccnc21. The average molecular weight is 316 g/mol. The first kappa shape index (κ1) is 16.0. The van der Waals surface area contributed by atoms with Crippen molar-refractivity contribution in [2.45, 2.75) is 25.3 Å². The zero-order chi connectivity index (χ0) is 16.1. The summed E-state index contributed by atoms with van der Waals surface area (Å²) in [5.74, 6) is 0.484. The van der Waals surface area contributed by atoms with Crippen molar-refractivity contribution in [3.8, 4) is 0 Å². The summed E-state index contributed by atoms with van der Waals surface area (Å²) in [5, 5.41) is 7.39. The minimum Gasteiger partial charge on any atom is -0.383 e. The minimum atomic E-state index is 0.000359. The molecule has 2 aromatic rings. The summed E-state index contributed by atoms with van der Waals surface area (Å²) in [7, 11) is 1.63. The first-order valence-corrected chi connectivity index (χ1v) is 8.20. The number of carbonyl (C=O) groups is 1. The van der Waals surface area contributed by atoms with Gasteiger partial charge in [0, 0.05) is 36.8 Å². The van der Waals surface area contributed by atoms with Crippen LogP contribution in [0.2, 0.25) is 0 Å². The first-order chi connectivity index (χ1) is 11.3. The van der Waals surface area contributed by atoms with Crippen LogP contribution in [0.3, 0.4) is 0 Å². The van der Waals surface area contributed by atoms with Crippen LogP contribution in [0, 0.1) is 0 Å². The predicted octanol–water partition coefficient (Wildman–Crippen LogP) is 1.27. The average Bonchev–Trinajstić information content (AvgIpc) is 2.95. The zero-order valence-corrected chi connectivity index (χ0v) is 13.5. The molecule has 0 saturated carbocycles. The van der Waals surface area contributed by atoms with E-state index in [1.54, 1.807) is 13.3 Å². The maximum absolute atomic E-state index is 12.2. The highest BCUT2D eigenvalue weighted by Gasteiger charge is 2.22. The number of hydrogen-bond acceptors (Lipinski definition) is 4. The second-order valence-electron chi connectivity index (χ2n) is 5.94. The third-order valence-electron chi connectivity index (χ3n) is 4.38. The van der Waals surface area contributed by atoms with Crippen LogP contribution in [0.4, 0.5) is 0 Å². The summed E-state index contributed by atoms with van der Waals surface area (Å²) >= 11 is 0. The molecule has 0 aliphatic carbocycles. The van der Waals surface area contributed by atoms with Crippen molar-refractivity contribution < 1.29 is 9.53 Å². The van der Waals surface area contributed by atoms with E-state index >= 15 is 0 Å². The van der Waals surface area contributed by atoms with Gasteiger partial charge in [-0.25, -0.2) is 4.98 Å². The van der Waals surface area contributed by atoms with Gasteiger partial charge in [0.25, 0.3) is 0 Å². The fourth-order valence-corrected chi connectivity index (χ4v) is 3.22. The van der Waals surface area contributed by atoms with Gasteiger partial charge in [-0.15, -0.1) is 0 Å². The number of rotatable bonds is 6. The number of fused-ring (bicyclic) bond motifs is 1. The molecule has 1 fully saturated rings. The van der Waals surface area contributed by atoms with Gasteiger partial charge in [0.15, 0.2) is 0 Å². The van der Waals surface area contributed by atoms with Gasteiger partial charge < -0.3 is 19.9 Å². The summed E-state index contributed by atoms with van der Waals surface area (Å²) in [4.78, 5) is 16.7. The van der Waals surface area contributed by atoms with E-state index in [4.69, 9.17) is 4.74 Å². The van der Waals surface area contributed by atoms with Gasteiger partial charge in [-0.1, -0.05) is 0 Å². The van der Waals surface area contributed by atoms with E-state index in [1.807, 2.05) is 6.07 Å². The molecule has 3 rings (SSSR count). The van der Waals surface area contributed by atoms with E-state index in [9.17, 15) is 4.79 Å². The molecule has 1 aliphatic heterocycles. The maximum Gasteiger partial charge on any atom is 0.240 e. The Morgan fingerprint density at radius 2 is 2.30 bits per heavy atom. The number of methoxy groups -OCH3 is 1. The predicted molar refractivity (Wildman–Crippen MR) is 89.5 cm³/mol. The van der Waals surface area contributed by atoms with Gasteiger partial charge in [-0.2, -0.15) is 0 Å². The Hall–Kier alpha value is -1.92. The van der Waals surface area contributed by atoms with Crippen LogP contribution < -0.4 is 10.6 Å². The molecule has 2 N–H and O–H groups in total. The van der Waals surface area contributed by atoms with Crippen molar-refractivity contribution in [1.82, 2.24) is 20.2 Å². The second-order valence-corrected chi connectivity index (χ2v) is 5.94. The molecule has 1 aliphatic rings. The molecule has 6 heteroatoms. The molecule has 0 radical (unpaired) electrons. The molecule has 0 bridgehead atoms. The second kappa shape index (κ2) is 7.57. The Labute approximate surface area is 136 Å². The van der Waals surface area contributed by atoms with Gasteiger partial charge in [-0.3, -0.25) is 4.79 Å². The number of ether oxygens (including phenoxy) is 1. The van der Waals surface area contributed by atoms with Gasteiger partial charge in [0.2, 0.25) is 5.91 Å². The summed E-state index contributed by atoms with van der Waals surface area (Å²) in [6.07, 6.45) is 3.98. The molecule has 0 atom stereocenters. The quantitative estimate of drug-likeness (QED) is 0.788. The van der Waals surface area contributed by atoms with Crippen LogP contribution in [0.1, 0.15) is 24.5 Å². The first-order valence-electron chi connectivity index (χ1n) is 8.20. The van der Waals surface area contributed by atoms with Gasteiger partial charge in [0.1, 0.15) is 12.2 Å². The lowest BCUT2D eigenvalue weighted by atomic mass is 9.94. The Morgan fingerprint density at radius 3 is 3.09 bits per heavy atom. The standard InChI is InChI=1S/C17H24N4O2/c1-23-10-9-19-16(22)12-21-15(13-4-7-18-8-5-13)11-14-3-2-6-20-17(14)21/h2-3,6,11,13,18H,4-5,7-10,12H2,1H3,(H,19,22). The largest absolute Gasteiger partial charge is 0.383 e. The van der Waals surface area contributed by atoms with E-state index in [2.05, 4.69) is 32.3 Å². The zero-order valence-electron chi connectivity index (χ0n) is 13.5. The summed E-state index contributed by atoms with van der Waals surface area (Å²) in [6.45, 7) is 3.42. The van der Waals surface area contributed by atoms with Gasteiger partial charge in [0.05, 0.1) is 6.61 Å². The molecule has 1 amide bonds. The Morgan fingerprint density at radius 1 is 1.48 bits per heavy atom. The van der Waals surface area contributed by atoms with Crippen molar-refractivity contribution in [3.63, 3.8) is 0 Å². The number of pyridine rings is 1. The molecule has 1 saturated heterocycles. The fraction of sp³-hybridized carbons (Fsp3) is 0.529. The maximum atomic E-state index is 12.2. The minimum absolute atomic E-state index is 0.000359. The molecule has 0 spiro atoms. The van der Waals surface area contributed by atoms with Crippen LogP contribution in [-0.2, 0) is 16.1 Å². The van der Waals surface area contributed by atoms with E-state index in [1.165, 1.54) is 5.69 Å². The number of nitrogens with zero attached hydrogens (tertiary/aromatic N) is 2. The van der Waals surface area contributed by atoms with Crippen molar-refractivity contribution in [2.75, 3.05) is 33.4 Å². The molecule has 0 unspecified atom stereocenters. The lowest BCUT2D eigenvalue weighted by molar-refractivity contribution is -0.121. The number of aromatic nitrogens is 2. The number of nitrogens with one attached hydrogen (secondary N) is 2. The van der Waals surface area contributed by atoms with Crippen LogP contribution >= 0.6 is 0 Å². The fourth-order valence-electron chi connectivity index (χ4n) is 3.22. The normalized spacial score (nSPS) is 15.9.